The lowest BCUT2D eigenvalue weighted by molar-refractivity contribution is 0.112. The first-order valence-corrected chi connectivity index (χ1v) is 7.01. The third-order valence-corrected chi connectivity index (χ3v) is 4.28. The second-order valence-corrected chi connectivity index (χ2v) is 5.51. The average molecular weight is 286 g/mol. The summed E-state index contributed by atoms with van der Waals surface area (Å²) in [6, 6.07) is 2.06. The van der Waals surface area contributed by atoms with Crippen molar-refractivity contribution in [3.63, 3.8) is 0 Å². The Labute approximate surface area is 118 Å². The van der Waals surface area contributed by atoms with Crippen molar-refractivity contribution in [2.45, 2.75) is 13.0 Å². The molecule has 0 saturated heterocycles. The number of nitrogens with zero attached hydrogens (tertiary/aromatic N) is 4. The molecule has 0 N–H and O–H groups in total. The van der Waals surface area contributed by atoms with E-state index >= 15 is 0 Å². The zero-order chi connectivity index (χ0) is 13.4. The van der Waals surface area contributed by atoms with Gasteiger partial charge in [-0.25, -0.2) is 4.98 Å². The minimum atomic E-state index is 0.454. The lowest BCUT2D eigenvalue weighted by atomic mass is 10.2. The number of thiophene rings is 1. The van der Waals surface area contributed by atoms with Crippen LogP contribution in [0.15, 0.2) is 29.2 Å². The Morgan fingerprint density at radius 2 is 2.25 bits per heavy atom. The molecule has 3 aromatic rings. The molecule has 0 atom stereocenters. The summed E-state index contributed by atoms with van der Waals surface area (Å²) in [6.07, 6.45) is 5.78. The van der Waals surface area contributed by atoms with Crippen LogP contribution in [0.2, 0.25) is 0 Å². The van der Waals surface area contributed by atoms with Crippen LogP contribution in [0.3, 0.4) is 0 Å². The van der Waals surface area contributed by atoms with Gasteiger partial charge >= 0.3 is 0 Å². The molecule has 0 spiro atoms. The number of fused-ring (bicyclic) bond motifs is 1. The van der Waals surface area contributed by atoms with Gasteiger partial charge in [0.15, 0.2) is 0 Å². The average Bonchev–Trinajstić information content (AvgIpc) is 3.14. The van der Waals surface area contributed by atoms with E-state index in [2.05, 4.69) is 26.2 Å². The molecule has 0 amide bonds. The second-order valence-electron chi connectivity index (χ2n) is 4.38. The Balaban J connectivity index is 1.70. The van der Waals surface area contributed by atoms with Gasteiger partial charge in [0, 0.05) is 23.7 Å². The standard InChI is InChI=1S/C13H10N4O2S/c1-4-18-7-8-5-11(20-10(1)8)13-16-12(17-19-13)9-6-14-2-3-15-9/h2-3,5-6H,1,4,7H2. The van der Waals surface area contributed by atoms with Crippen molar-refractivity contribution >= 4 is 11.3 Å². The fraction of sp³-hybridized carbons (Fsp3) is 0.231. The van der Waals surface area contributed by atoms with E-state index in [1.54, 1.807) is 29.9 Å². The van der Waals surface area contributed by atoms with Crippen molar-refractivity contribution in [3.8, 4) is 22.3 Å². The highest BCUT2D eigenvalue weighted by molar-refractivity contribution is 7.15. The molecule has 3 aromatic heterocycles. The summed E-state index contributed by atoms with van der Waals surface area (Å²) in [4.78, 5) is 14.9. The van der Waals surface area contributed by atoms with Crippen molar-refractivity contribution in [1.82, 2.24) is 20.1 Å². The molecule has 0 aromatic carbocycles. The van der Waals surface area contributed by atoms with Gasteiger partial charge in [-0.3, -0.25) is 4.98 Å². The number of hydrogen-bond acceptors (Lipinski definition) is 7. The lowest BCUT2D eigenvalue weighted by Crippen LogP contribution is -2.05. The molecule has 0 fully saturated rings. The highest BCUT2D eigenvalue weighted by atomic mass is 32.1. The Morgan fingerprint density at radius 1 is 1.25 bits per heavy atom. The molecule has 20 heavy (non-hydrogen) atoms. The molecular formula is C13H10N4O2S. The molecule has 6 nitrogen and oxygen atoms in total. The molecule has 100 valence electrons. The summed E-state index contributed by atoms with van der Waals surface area (Å²) >= 11 is 1.68. The summed E-state index contributed by atoms with van der Waals surface area (Å²) in [5.41, 5.74) is 1.82. The van der Waals surface area contributed by atoms with Crippen LogP contribution < -0.4 is 0 Å². The quantitative estimate of drug-likeness (QED) is 0.719. The maximum absolute atomic E-state index is 5.44. The van der Waals surface area contributed by atoms with Gasteiger partial charge in [-0.2, -0.15) is 4.98 Å². The Hall–Kier alpha value is -2.12. The lowest BCUT2D eigenvalue weighted by Gasteiger charge is -2.10. The maximum Gasteiger partial charge on any atom is 0.268 e. The Morgan fingerprint density at radius 3 is 3.10 bits per heavy atom. The smallest absolute Gasteiger partial charge is 0.268 e. The van der Waals surface area contributed by atoms with Crippen LogP contribution in [0, 0.1) is 0 Å². The van der Waals surface area contributed by atoms with Gasteiger partial charge in [-0.1, -0.05) is 5.16 Å². The van der Waals surface area contributed by atoms with E-state index in [0.717, 1.165) is 17.9 Å². The zero-order valence-electron chi connectivity index (χ0n) is 10.4. The molecule has 7 heteroatoms. The van der Waals surface area contributed by atoms with Crippen LogP contribution in [0.25, 0.3) is 22.3 Å². The van der Waals surface area contributed by atoms with Crippen molar-refractivity contribution in [2.24, 2.45) is 0 Å². The summed E-state index contributed by atoms with van der Waals surface area (Å²) in [7, 11) is 0. The van der Waals surface area contributed by atoms with Gasteiger partial charge in [-0.15, -0.1) is 11.3 Å². The largest absolute Gasteiger partial charge is 0.376 e. The van der Waals surface area contributed by atoms with Crippen LogP contribution in [-0.2, 0) is 17.8 Å². The monoisotopic (exact) mass is 286 g/mol. The van der Waals surface area contributed by atoms with E-state index in [1.165, 1.54) is 10.4 Å². The highest BCUT2D eigenvalue weighted by Crippen LogP contribution is 2.33. The van der Waals surface area contributed by atoms with E-state index in [4.69, 9.17) is 9.26 Å². The maximum atomic E-state index is 5.44. The highest BCUT2D eigenvalue weighted by Gasteiger charge is 2.18. The molecule has 4 heterocycles. The van der Waals surface area contributed by atoms with Crippen LogP contribution in [0.4, 0.5) is 0 Å². The van der Waals surface area contributed by atoms with E-state index in [0.29, 0.717) is 24.0 Å². The minimum absolute atomic E-state index is 0.454. The van der Waals surface area contributed by atoms with Gasteiger partial charge in [-0.05, 0) is 11.6 Å². The van der Waals surface area contributed by atoms with E-state index in [9.17, 15) is 0 Å². The SMILES string of the molecule is c1cnc(-c2noc(-c3cc4c(s3)CCOC4)n2)cn1. The van der Waals surface area contributed by atoms with Crippen molar-refractivity contribution in [2.75, 3.05) is 6.61 Å². The predicted octanol–water partition coefficient (Wildman–Crippen LogP) is 2.33. The zero-order valence-corrected chi connectivity index (χ0v) is 11.3. The van der Waals surface area contributed by atoms with Crippen molar-refractivity contribution in [3.05, 3.63) is 35.1 Å². The fourth-order valence-electron chi connectivity index (χ4n) is 2.09. The number of aromatic nitrogens is 4. The molecule has 1 aliphatic heterocycles. The first-order valence-electron chi connectivity index (χ1n) is 6.20. The summed E-state index contributed by atoms with van der Waals surface area (Å²) < 4.78 is 10.8. The second kappa shape index (κ2) is 4.77. The first kappa shape index (κ1) is 11.7. The third-order valence-electron chi connectivity index (χ3n) is 3.06. The van der Waals surface area contributed by atoms with Gasteiger partial charge in [0.2, 0.25) is 5.82 Å². The van der Waals surface area contributed by atoms with Crippen molar-refractivity contribution in [1.29, 1.82) is 0 Å². The minimum Gasteiger partial charge on any atom is -0.376 e. The molecule has 0 aliphatic carbocycles. The third kappa shape index (κ3) is 2.00. The van der Waals surface area contributed by atoms with Crippen molar-refractivity contribution < 1.29 is 9.26 Å². The predicted molar refractivity (Wildman–Crippen MR) is 72.0 cm³/mol. The number of ether oxygens (including phenoxy) is 1. The topological polar surface area (TPSA) is 73.9 Å². The van der Waals surface area contributed by atoms with E-state index in [1.807, 2.05) is 0 Å². The molecule has 0 bridgehead atoms. The Kier molecular flexibility index (Phi) is 2.79. The summed E-state index contributed by atoms with van der Waals surface area (Å²) in [6.45, 7) is 1.44. The van der Waals surface area contributed by atoms with Gasteiger partial charge in [0.25, 0.3) is 5.89 Å². The number of hydrogen-bond donors (Lipinski definition) is 0. The summed E-state index contributed by atoms with van der Waals surface area (Å²) in [5.74, 6) is 0.973. The molecule has 0 unspecified atom stereocenters. The van der Waals surface area contributed by atoms with Gasteiger partial charge in [0.1, 0.15) is 5.69 Å². The fourth-order valence-corrected chi connectivity index (χ4v) is 3.17. The van der Waals surface area contributed by atoms with E-state index in [-0.39, 0.29) is 0 Å². The Bertz CT molecular complexity index is 714. The van der Waals surface area contributed by atoms with Crippen LogP contribution in [-0.4, -0.2) is 26.7 Å². The molecule has 4 rings (SSSR count). The molecular weight excluding hydrogens is 276 g/mol. The normalized spacial score (nSPS) is 14.2. The van der Waals surface area contributed by atoms with Gasteiger partial charge < -0.3 is 9.26 Å². The molecule has 1 aliphatic rings. The molecule has 0 radical (unpaired) electrons. The van der Waals surface area contributed by atoms with Crippen LogP contribution >= 0.6 is 11.3 Å². The first-order chi connectivity index (χ1) is 9.90. The van der Waals surface area contributed by atoms with E-state index < -0.39 is 0 Å². The van der Waals surface area contributed by atoms with Crippen LogP contribution in [0.5, 0.6) is 0 Å². The molecule has 0 saturated carbocycles. The van der Waals surface area contributed by atoms with Crippen LogP contribution in [0.1, 0.15) is 10.4 Å². The summed E-state index contributed by atoms with van der Waals surface area (Å²) in [5, 5.41) is 3.96. The van der Waals surface area contributed by atoms with Gasteiger partial charge in [0.05, 0.1) is 24.3 Å². The number of rotatable bonds is 2.